The van der Waals surface area contributed by atoms with E-state index < -0.39 is 15.3 Å². The molecule has 144 valence electrons. The first-order valence-corrected chi connectivity index (χ1v) is 10.7. The smallest absolute Gasteiger partial charge is 0.227 e. The van der Waals surface area contributed by atoms with Crippen molar-refractivity contribution in [3.63, 3.8) is 0 Å². The topological polar surface area (TPSA) is 83.6 Å². The van der Waals surface area contributed by atoms with Crippen LogP contribution in [0.2, 0.25) is 0 Å². The Labute approximate surface area is 155 Å². The van der Waals surface area contributed by atoms with Crippen LogP contribution in [-0.2, 0) is 19.4 Å². The second-order valence-electron chi connectivity index (χ2n) is 8.05. The second-order valence-corrected chi connectivity index (χ2v) is 10.1. The summed E-state index contributed by atoms with van der Waals surface area (Å²) in [6.45, 7) is 8.64. The average molecular weight is 381 g/mol. The maximum atomic E-state index is 12.6. The molecule has 0 spiro atoms. The molecule has 6 nitrogen and oxygen atoms in total. The third kappa shape index (κ3) is 4.84. The van der Waals surface area contributed by atoms with Crippen LogP contribution in [0.1, 0.15) is 39.2 Å². The molecule has 1 aliphatic rings. The maximum absolute atomic E-state index is 12.6. The lowest BCUT2D eigenvalue weighted by Gasteiger charge is -2.35. The minimum Gasteiger partial charge on any atom is -0.342 e. The molecule has 1 fully saturated rings. The van der Waals surface area contributed by atoms with Gasteiger partial charge in [0, 0.05) is 36.4 Å². The molecule has 0 unspecified atom stereocenters. The molecule has 1 aromatic rings. The van der Waals surface area contributed by atoms with Gasteiger partial charge in [-0.2, -0.15) is 0 Å². The number of hydrogen-bond donors (Lipinski definition) is 1. The number of nitrogens with one attached hydrogen (secondary N) is 1. The van der Waals surface area contributed by atoms with Crippen LogP contribution in [0.3, 0.4) is 0 Å². The number of nitrogens with zero attached hydrogens (tertiary/aromatic N) is 1. The summed E-state index contributed by atoms with van der Waals surface area (Å²) in [5, 5.41) is 2.86. The highest BCUT2D eigenvalue weighted by atomic mass is 32.2. The number of amides is 2. The number of rotatable bonds is 3. The number of benzene rings is 1. The van der Waals surface area contributed by atoms with Crippen molar-refractivity contribution in [2.75, 3.05) is 24.7 Å². The monoisotopic (exact) mass is 380 g/mol. The number of carbonyl (C=O) groups is 2. The van der Waals surface area contributed by atoms with Gasteiger partial charge in [-0.05, 0) is 37.5 Å². The zero-order chi connectivity index (χ0) is 19.7. The highest BCUT2D eigenvalue weighted by Crippen LogP contribution is 2.26. The number of hydrogen-bond acceptors (Lipinski definition) is 4. The molecule has 1 saturated heterocycles. The molecule has 1 aliphatic heterocycles. The molecule has 1 aromatic carbocycles. The Kier molecular flexibility index (Phi) is 5.80. The van der Waals surface area contributed by atoms with E-state index in [-0.39, 0.29) is 22.6 Å². The number of carbonyl (C=O) groups excluding carboxylic acids is 2. The van der Waals surface area contributed by atoms with Crippen LogP contribution >= 0.6 is 0 Å². The molecule has 0 bridgehead atoms. The van der Waals surface area contributed by atoms with E-state index in [0.717, 1.165) is 11.8 Å². The van der Waals surface area contributed by atoms with E-state index in [1.165, 1.54) is 12.1 Å². The Morgan fingerprint density at radius 3 is 2.23 bits per heavy atom. The van der Waals surface area contributed by atoms with Crippen molar-refractivity contribution in [3.8, 4) is 0 Å². The van der Waals surface area contributed by atoms with Crippen LogP contribution in [-0.4, -0.2) is 44.5 Å². The lowest BCUT2D eigenvalue weighted by Crippen LogP contribution is -2.45. The van der Waals surface area contributed by atoms with Gasteiger partial charge in [-0.3, -0.25) is 9.59 Å². The van der Waals surface area contributed by atoms with Crippen molar-refractivity contribution in [3.05, 3.63) is 23.8 Å². The molecule has 0 aromatic heterocycles. The largest absolute Gasteiger partial charge is 0.342 e. The van der Waals surface area contributed by atoms with Crippen molar-refractivity contribution < 1.29 is 18.0 Å². The SMILES string of the molecule is Cc1ccc(S(C)(=O)=O)cc1NC(=O)C1CCN(C(=O)C(C)(C)C)CC1. The molecule has 0 radical (unpaired) electrons. The fourth-order valence-corrected chi connectivity index (χ4v) is 3.67. The van der Waals surface area contributed by atoms with Crippen LogP contribution in [0.5, 0.6) is 0 Å². The summed E-state index contributed by atoms with van der Waals surface area (Å²) in [7, 11) is -3.33. The van der Waals surface area contributed by atoms with Gasteiger partial charge in [0.2, 0.25) is 11.8 Å². The Morgan fingerprint density at radius 1 is 1.15 bits per heavy atom. The van der Waals surface area contributed by atoms with Crippen molar-refractivity contribution >= 4 is 27.3 Å². The lowest BCUT2D eigenvalue weighted by molar-refractivity contribution is -0.142. The van der Waals surface area contributed by atoms with Crippen molar-refractivity contribution in [2.24, 2.45) is 11.3 Å². The number of anilines is 1. The molecule has 0 saturated carbocycles. The van der Waals surface area contributed by atoms with E-state index >= 15 is 0 Å². The zero-order valence-electron chi connectivity index (χ0n) is 16.1. The van der Waals surface area contributed by atoms with Crippen molar-refractivity contribution in [2.45, 2.75) is 45.4 Å². The normalized spacial score (nSPS) is 16.4. The van der Waals surface area contributed by atoms with E-state index in [2.05, 4.69) is 5.32 Å². The fraction of sp³-hybridized carbons (Fsp3) is 0.579. The summed E-state index contributed by atoms with van der Waals surface area (Å²) in [6.07, 6.45) is 2.36. The van der Waals surface area contributed by atoms with Crippen LogP contribution in [0.25, 0.3) is 0 Å². The summed E-state index contributed by atoms with van der Waals surface area (Å²) in [5.74, 6) is -0.199. The van der Waals surface area contributed by atoms with Gasteiger partial charge in [0.1, 0.15) is 0 Å². The predicted molar refractivity (Wildman–Crippen MR) is 102 cm³/mol. The molecule has 2 amide bonds. The van der Waals surface area contributed by atoms with Gasteiger partial charge in [-0.15, -0.1) is 0 Å². The molecule has 26 heavy (non-hydrogen) atoms. The Morgan fingerprint density at radius 2 is 1.73 bits per heavy atom. The minimum absolute atomic E-state index is 0.105. The van der Waals surface area contributed by atoms with Gasteiger partial charge in [0.25, 0.3) is 0 Å². The summed E-state index contributed by atoms with van der Waals surface area (Å²) in [6, 6.07) is 4.73. The van der Waals surface area contributed by atoms with Crippen molar-refractivity contribution in [1.82, 2.24) is 4.90 Å². The van der Waals surface area contributed by atoms with Crippen LogP contribution in [0.4, 0.5) is 5.69 Å². The molecule has 1 N–H and O–H groups in total. The zero-order valence-corrected chi connectivity index (χ0v) is 16.9. The van der Waals surface area contributed by atoms with Crippen molar-refractivity contribution in [1.29, 1.82) is 0 Å². The fourth-order valence-electron chi connectivity index (χ4n) is 3.02. The van der Waals surface area contributed by atoms with Crippen LogP contribution in [0, 0.1) is 18.3 Å². The first-order chi connectivity index (χ1) is 11.9. The summed E-state index contributed by atoms with van der Waals surface area (Å²) in [5.41, 5.74) is 0.912. The quantitative estimate of drug-likeness (QED) is 0.874. The van der Waals surface area contributed by atoms with Crippen LogP contribution in [0.15, 0.2) is 23.1 Å². The molecule has 2 rings (SSSR count). The van der Waals surface area contributed by atoms with E-state index in [1.807, 2.05) is 32.6 Å². The summed E-state index contributed by atoms with van der Waals surface area (Å²) >= 11 is 0. The third-order valence-electron chi connectivity index (χ3n) is 4.69. The molecular weight excluding hydrogens is 352 g/mol. The van der Waals surface area contributed by atoms with Gasteiger partial charge in [0.05, 0.1) is 4.90 Å². The number of aryl methyl sites for hydroxylation is 1. The van der Waals surface area contributed by atoms with Gasteiger partial charge >= 0.3 is 0 Å². The van der Waals surface area contributed by atoms with E-state index in [9.17, 15) is 18.0 Å². The van der Waals surface area contributed by atoms with E-state index in [1.54, 1.807) is 6.07 Å². The van der Waals surface area contributed by atoms with Gasteiger partial charge in [-0.25, -0.2) is 8.42 Å². The lowest BCUT2D eigenvalue weighted by atomic mass is 9.90. The molecular formula is C19H28N2O4S. The highest BCUT2D eigenvalue weighted by molar-refractivity contribution is 7.90. The standard InChI is InChI=1S/C19H28N2O4S/c1-13-6-7-15(26(5,24)25)12-16(13)20-17(22)14-8-10-21(11-9-14)18(23)19(2,3)4/h6-7,12,14H,8-11H2,1-5H3,(H,20,22). The summed E-state index contributed by atoms with van der Waals surface area (Å²) < 4.78 is 23.4. The van der Waals surface area contributed by atoms with Gasteiger partial charge in [-0.1, -0.05) is 26.8 Å². The van der Waals surface area contributed by atoms with Crippen LogP contribution < -0.4 is 5.32 Å². The molecule has 7 heteroatoms. The molecule has 0 atom stereocenters. The Balaban J connectivity index is 2.03. The predicted octanol–water partition coefficient (Wildman–Crippen LogP) is 2.62. The maximum Gasteiger partial charge on any atom is 0.227 e. The average Bonchev–Trinajstić information content (AvgIpc) is 2.54. The number of sulfone groups is 1. The molecule has 1 heterocycles. The highest BCUT2D eigenvalue weighted by Gasteiger charge is 2.32. The number of likely N-dealkylation sites (tertiary alicyclic amines) is 1. The molecule has 0 aliphatic carbocycles. The first-order valence-electron chi connectivity index (χ1n) is 8.80. The Bertz CT molecular complexity index is 801. The first kappa shape index (κ1) is 20.4. The van der Waals surface area contributed by atoms with E-state index in [4.69, 9.17) is 0 Å². The summed E-state index contributed by atoms with van der Waals surface area (Å²) in [4.78, 5) is 26.9. The second kappa shape index (κ2) is 7.39. The van der Waals surface area contributed by atoms with E-state index in [0.29, 0.717) is 31.6 Å². The third-order valence-corrected chi connectivity index (χ3v) is 5.80. The van der Waals surface area contributed by atoms with Gasteiger partial charge < -0.3 is 10.2 Å². The number of piperidine rings is 1. The van der Waals surface area contributed by atoms with Gasteiger partial charge in [0.15, 0.2) is 9.84 Å². The Hall–Kier alpha value is -1.89. The minimum atomic E-state index is -3.33.